The number of anilines is 2. The summed E-state index contributed by atoms with van der Waals surface area (Å²) in [6, 6.07) is 19.7. The van der Waals surface area contributed by atoms with Gasteiger partial charge in [-0.25, -0.2) is 8.42 Å². The molecule has 0 aromatic heterocycles. The smallest absolute Gasteiger partial charge is 0.246 e. The predicted octanol–water partition coefficient (Wildman–Crippen LogP) is 4.06. The number of rotatable bonds is 6. The quantitative estimate of drug-likeness (QED) is 0.627. The summed E-state index contributed by atoms with van der Waals surface area (Å²) in [6.45, 7) is 2.87. The zero-order valence-electron chi connectivity index (χ0n) is 16.8. The molecule has 0 saturated carbocycles. The van der Waals surface area contributed by atoms with Crippen molar-refractivity contribution in [3.8, 4) is 0 Å². The van der Waals surface area contributed by atoms with Crippen LogP contribution < -0.4 is 10.6 Å². The standard InChI is InChI=1S/C23H25N3O3S/c1-17(23(27)25-22-13-6-9-18-8-2-3-12-21(18)22)24-19-10-7-11-20(16-19)30(28,29)26-14-4-5-15-26/h2-3,6-13,16-17,24H,4-5,14-15H2,1H3,(H,25,27)/t17-/m0/s1. The summed E-state index contributed by atoms with van der Waals surface area (Å²) in [5.41, 5.74) is 1.34. The van der Waals surface area contributed by atoms with Crippen LogP contribution in [0.4, 0.5) is 11.4 Å². The van der Waals surface area contributed by atoms with Gasteiger partial charge in [0.1, 0.15) is 6.04 Å². The van der Waals surface area contributed by atoms with E-state index < -0.39 is 16.1 Å². The first-order valence-electron chi connectivity index (χ1n) is 10.1. The fraction of sp³-hybridized carbons (Fsp3) is 0.261. The van der Waals surface area contributed by atoms with Crippen LogP contribution in [0.2, 0.25) is 0 Å². The summed E-state index contributed by atoms with van der Waals surface area (Å²) < 4.78 is 27.1. The lowest BCUT2D eigenvalue weighted by molar-refractivity contribution is -0.116. The van der Waals surface area contributed by atoms with Crippen LogP contribution in [0, 0.1) is 0 Å². The van der Waals surface area contributed by atoms with Gasteiger partial charge in [0.15, 0.2) is 0 Å². The highest BCUT2D eigenvalue weighted by molar-refractivity contribution is 7.89. The lowest BCUT2D eigenvalue weighted by Crippen LogP contribution is -2.32. The molecule has 0 aliphatic carbocycles. The van der Waals surface area contributed by atoms with Crippen molar-refractivity contribution in [3.05, 3.63) is 66.7 Å². The summed E-state index contributed by atoms with van der Waals surface area (Å²) in [7, 11) is -3.50. The molecule has 3 aromatic carbocycles. The Bertz CT molecular complexity index is 1170. The topological polar surface area (TPSA) is 78.5 Å². The second-order valence-electron chi connectivity index (χ2n) is 7.52. The van der Waals surface area contributed by atoms with Gasteiger partial charge in [-0.15, -0.1) is 0 Å². The summed E-state index contributed by atoms with van der Waals surface area (Å²) in [4.78, 5) is 13.0. The van der Waals surface area contributed by atoms with E-state index in [4.69, 9.17) is 0 Å². The number of carbonyl (C=O) groups is 1. The minimum atomic E-state index is -3.50. The largest absolute Gasteiger partial charge is 0.374 e. The molecule has 1 aliphatic rings. The minimum absolute atomic E-state index is 0.195. The fourth-order valence-corrected chi connectivity index (χ4v) is 5.28. The van der Waals surface area contributed by atoms with Gasteiger partial charge in [-0.05, 0) is 49.4 Å². The summed E-state index contributed by atoms with van der Waals surface area (Å²) in [6.07, 6.45) is 1.78. The second kappa shape index (κ2) is 8.45. The third-order valence-corrected chi connectivity index (χ3v) is 7.26. The SMILES string of the molecule is C[C@H](Nc1cccc(S(=O)(=O)N2CCCC2)c1)C(=O)Nc1cccc2ccccc12. The summed E-state index contributed by atoms with van der Waals surface area (Å²) in [5.74, 6) is -0.195. The molecule has 2 N–H and O–H groups in total. The van der Waals surface area contributed by atoms with Crippen molar-refractivity contribution in [1.29, 1.82) is 0 Å². The van der Waals surface area contributed by atoms with E-state index in [1.807, 2.05) is 42.5 Å². The number of hydrogen-bond acceptors (Lipinski definition) is 4. The van der Waals surface area contributed by atoms with Gasteiger partial charge in [0.2, 0.25) is 15.9 Å². The maximum absolute atomic E-state index is 12.8. The Morgan fingerprint density at radius 1 is 0.967 bits per heavy atom. The molecule has 30 heavy (non-hydrogen) atoms. The van der Waals surface area contributed by atoms with E-state index in [1.54, 1.807) is 31.2 Å². The molecule has 1 atom stereocenters. The Hall–Kier alpha value is -2.90. The van der Waals surface area contributed by atoms with Crippen molar-refractivity contribution in [3.63, 3.8) is 0 Å². The van der Waals surface area contributed by atoms with Crippen LogP contribution in [0.3, 0.4) is 0 Å². The molecule has 7 heteroatoms. The second-order valence-corrected chi connectivity index (χ2v) is 9.46. The molecule has 4 rings (SSSR count). The average molecular weight is 424 g/mol. The number of carbonyl (C=O) groups excluding carboxylic acids is 1. The zero-order valence-corrected chi connectivity index (χ0v) is 17.7. The number of hydrogen-bond donors (Lipinski definition) is 2. The molecular weight excluding hydrogens is 398 g/mol. The normalized spacial score (nSPS) is 15.8. The lowest BCUT2D eigenvalue weighted by Gasteiger charge is -2.18. The van der Waals surface area contributed by atoms with Gasteiger partial charge in [0.25, 0.3) is 0 Å². The molecule has 0 spiro atoms. The van der Waals surface area contributed by atoms with Crippen LogP contribution in [0.25, 0.3) is 10.8 Å². The number of fused-ring (bicyclic) bond motifs is 1. The monoisotopic (exact) mass is 423 g/mol. The van der Waals surface area contributed by atoms with Crippen LogP contribution in [-0.4, -0.2) is 37.8 Å². The van der Waals surface area contributed by atoms with Crippen LogP contribution in [0.1, 0.15) is 19.8 Å². The van der Waals surface area contributed by atoms with Gasteiger partial charge in [0, 0.05) is 29.9 Å². The average Bonchev–Trinajstić information content (AvgIpc) is 3.30. The Morgan fingerprint density at radius 2 is 1.67 bits per heavy atom. The molecule has 0 bridgehead atoms. The van der Waals surface area contributed by atoms with Crippen molar-refractivity contribution in [1.82, 2.24) is 4.31 Å². The van der Waals surface area contributed by atoms with E-state index in [9.17, 15) is 13.2 Å². The molecule has 156 valence electrons. The van der Waals surface area contributed by atoms with Crippen molar-refractivity contribution in [2.45, 2.75) is 30.7 Å². The van der Waals surface area contributed by atoms with E-state index >= 15 is 0 Å². The van der Waals surface area contributed by atoms with Crippen molar-refractivity contribution in [2.24, 2.45) is 0 Å². The van der Waals surface area contributed by atoms with Crippen LogP contribution in [0.15, 0.2) is 71.6 Å². The number of nitrogens with zero attached hydrogens (tertiary/aromatic N) is 1. The van der Waals surface area contributed by atoms with E-state index in [0.717, 1.165) is 29.3 Å². The third kappa shape index (κ3) is 4.17. The number of sulfonamides is 1. The van der Waals surface area contributed by atoms with Crippen LogP contribution in [0.5, 0.6) is 0 Å². The Morgan fingerprint density at radius 3 is 2.47 bits per heavy atom. The lowest BCUT2D eigenvalue weighted by atomic mass is 10.1. The van der Waals surface area contributed by atoms with Gasteiger partial charge in [-0.3, -0.25) is 4.79 Å². The van der Waals surface area contributed by atoms with Crippen LogP contribution in [-0.2, 0) is 14.8 Å². The molecule has 0 radical (unpaired) electrons. The first-order valence-corrected chi connectivity index (χ1v) is 11.5. The summed E-state index contributed by atoms with van der Waals surface area (Å²) in [5, 5.41) is 8.11. The maximum atomic E-state index is 12.8. The van der Waals surface area contributed by atoms with Crippen LogP contribution >= 0.6 is 0 Å². The Balaban J connectivity index is 1.48. The van der Waals surface area contributed by atoms with E-state index in [2.05, 4.69) is 10.6 Å². The van der Waals surface area contributed by atoms with Crippen molar-refractivity contribution in [2.75, 3.05) is 23.7 Å². The molecular formula is C23H25N3O3S. The molecule has 0 unspecified atom stereocenters. The van der Waals surface area contributed by atoms with Gasteiger partial charge >= 0.3 is 0 Å². The number of benzene rings is 3. The molecule has 1 saturated heterocycles. The molecule has 1 heterocycles. The Kier molecular flexibility index (Phi) is 5.74. The predicted molar refractivity (Wildman–Crippen MR) is 120 cm³/mol. The maximum Gasteiger partial charge on any atom is 0.246 e. The highest BCUT2D eigenvalue weighted by Crippen LogP contribution is 2.25. The molecule has 3 aromatic rings. The molecule has 6 nitrogen and oxygen atoms in total. The van der Waals surface area contributed by atoms with Crippen molar-refractivity contribution < 1.29 is 13.2 Å². The van der Waals surface area contributed by atoms with Gasteiger partial charge in [-0.2, -0.15) is 4.31 Å². The molecule has 1 fully saturated rings. The molecule has 1 amide bonds. The van der Waals surface area contributed by atoms with E-state index in [1.165, 1.54) is 4.31 Å². The Labute approximate surface area is 177 Å². The first-order chi connectivity index (χ1) is 14.4. The van der Waals surface area contributed by atoms with Gasteiger partial charge < -0.3 is 10.6 Å². The number of nitrogens with one attached hydrogen (secondary N) is 2. The zero-order chi connectivity index (χ0) is 21.1. The van der Waals surface area contributed by atoms with E-state index in [-0.39, 0.29) is 10.8 Å². The minimum Gasteiger partial charge on any atom is -0.374 e. The fourth-order valence-electron chi connectivity index (χ4n) is 3.71. The van der Waals surface area contributed by atoms with E-state index in [0.29, 0.717) is 18.8 Å². The first kappa shape index (κ1) is 20.4. The molecule has 1 aliphatic heterocycles. The highest BCUT2D eigenvalue weighted by atomic mass is 32.2. The van der Waals surface area contributed by atoms with Gasteiger partial charge in [0.05, 0.1) is 4.90 Å². The van der Waals surface area contributed by atoms with Gasteiger partial charge in [-0.1, -0.05) is 42.5 Å². The van der Waals surface area contributed by atoms with Crippen molar-refractivity contribution >= 4 is 38.1 Å². The summed E-state index contributed by atoms with van der Waals surface area (Å²) >= 11 is 0. The highest BCUT2D eigenvalue weighted by Gasteiger charge is 2.27. The third-order valence-electron chi connectivity index (χ3n) is 5.36. The number of amides is 1.